The van der Waals surface area contributed by atoms with E-state index >= 15 is 0 Å². The van der Waals surface area contributed by atoms with Crippen molar-refractivity contribution in [1.29, 1.82) is 0 Å². The first-order valence-electron chi connectivity index (χ1n) is 13.1. The van der Waals surface area contributed by atoms with Crippen molar-refractivity contribution < 1.29 is 4.79 Å². The highest BCUT2D eigenvalue weighted by molar-refractivity contribution is 5.79. The van der Waals surface area contributed by atoms with Gasteiger partial charge in [-0.3, -0.25) is 4.79 Å². The van der Waals surface area contributed by atoms with E-state index in [4.69, 9.17) is 0 Å². The van der Waals surface area contributed by atoms with Crippen molar-refractivity contribution in [3.05, 3.63) is 23.8 Å². The fraction of sp³-hybridized carbons (Fsp3) is 0.828. The zero-order chi connectivity index (χ0) is 21.7. The van der Waals surface area contributed by atoms with Gasteiger partial charge >= 0.3 is 0 Å². The lowest BCUT2D eigenvalue weighted by Crippen LogP contribution is -2.49. The van der Waals surface area contributed by atoms with E-state index < -0.39 is 0 Å². The van der Waals surface area contributed by atoms with Crippen molar-refractivity contribution in [3.8, 4) is 0 Å². The van der Waals surface area contributed by atoms with Crippen LogP contribution in [-0.2, 0) is 4.79 Å². The van der Waals surface area contributed by atoms with Crippen molar-refractivity contribution in [3.63, 3.8) is 0 Å². The van der Waals surface area contributed by atoms with Gasteiger partial charge in [0.05, 0.1) is 0 Å². The smallest absolute Gasteiger partial charge is 0.133 e. The van der Waals surface area contributed by atoms with E-state index in [0.29, 0.717) is 28.4 Å². The molecule has 168 valence electrons. The number of carbonyl (C=O) groups excluding carboxylic acids is 1. The highest BCUT2D eigenvalue weighted by Crippen LogP contribution is 2.66. The maximum Gasteiger partial charge on any atom is 0.133 e. The quantitative estimate of drug-likeness (QED) is 0.419. The number of hydrogen-bond acceptors (Lipinski definition) is 1. The molecule has 1 heteroatoms. The summed E-state index contributed by atoms with van der Waals surface area (Å²) in [6.07, 6.45) is 18.5. The molecule has 4 rings (SSSR count). The minimum absolute atomic E-state index is 0.383. The van der Waals surface area contributed by atoms with Gasteiger partial charge in [-0.1, -0.05) is 65.3 Å². The SMILES string of the molecule is CCC(/C=C/[C@@H](C)[C@H]1CC[C@H]2C3=CC[C@H]4CC(=O)CC[C@]4(C)[C@H]3CC[C@]12C)C(C)C. The minimum atomic E-state index is 0.383. The van der Waals surface area contributed by atoms with Crippen LogP contribution in [0.2, 0.25) is 0 Å². The van der Waals surface area contributed by atoms with Gasteiger partial charge < -0.3 is 0 Å². The highest BCUT2D eigenvalue weighted by Gasteiger charge is 2.58. The third kappa shape index (κ3) is 3.57. The molecule has 0 saturated heterocycles. The van der Waals surface area contributed by atoms with Gasteiger partial charge in [0.2, 0.25) is 0 Å². The molecule has 0 amide bonds. The lowest BCUT2D eigenvalue weighted by atomic mass is 9.48. The molecule has 4 aliphatic carbocycles. The molecule has 8 atom stereocenters. The van der Waals surface area contributed by atoms with Gasteiger partial charge in [-0.2, -0.15) is 0 Å². The summed E-state index contributed by atoms with van der Waals surface area (Å²) in [6, 6.07) is 0. The first-order chi connectivity index (χ1) is 14.2. The zero-order valence-electron chi connectivity index (χ0n) is 20.5. The van der Waals surface area contributed by atoms with E-state index in [9.17, 15) is 4.79 Å². The summed E-state index contributed by atoms with van der Waals surface area (Å²) in [5, 5.41) is 0. The van der Waals surface area contributed by atoms with Crippen LogP contribution in [0.3, 0.4) is 0 Å². The van der Waals surface area contributed by atoms with Crippen LogP contribution in [0.5, 0.6) is 0 Å². The topological polar surface area (TPSA) is 17.1 Å². The van der Waals surface area contributed by atoms with Gasteiger partial charge in [0, 0.05) is 12.8 Å². The number of Topliss-reactive ketones (excluding diaryl/α,β-unsaturated/α-hetero) is 1. The molecular weight excluding hydrogens is 364 g/mol. The summed E-state index contributed by atoms with van der Waals surface area (Å²) in [5.74, 6) is 5.63. The average Bonchev–Trinajstić information content (AvgIpc) is 3.06. The Bertz CT molecular complexity index is 714. The Hall–Kier alpha value is -0.850. The first kappa shape index (κ1) is 22.3. The molecule has 0 aromatic heterocycles. The van der Waals surface area contributed by atoms with Crippen LogP contribution < -0.4 is 0 Å². The van der Waals surface area contributed by atoms with Crippen LogP contribution in [0.1, 0.15) is 99.3 Å². The van der Waals surface area contributed by atoms with Crippen molar-refractivity contribution in [2.24, 2.45) is 52.3 Å². The molecule has 3 fully saturated rings. The molecular formula is C29H46O. The monoisotopic (exact) mass is 410 g/mol. The molecule has 0 aromatic carbocycles. The predicted molar refractivity (Wildman–Crippen MR) is 127 cm³/mol. The Balaban J connectivity index is 1.54. The molecule has 0 aromatic rings. The van der Waals surface area contributed by atoms with Crippen molar-refractivity contribution >= 4 is 5.78 Å². The summed E-state index contributed by atoms with van der Waals surface area (Å²) < 4.78 is 0. The Morgan fingerprint density at radius 2 is 1.77 bits per heavy atom. The van der Waals surface area contributed by atoms with Crippen LogP contribution in [-0.4, -0.2) is 5.78 Å². The normalized spacial score (nSPS) is 43.2. The Morgan fingerprint density at radius 1 is 1.03 bits per heavy atom. The van der Waals surface area contributed by atoms with Gasteiger partial charge in [0.1, 0.15) is 5.78 Å². The number of carbonyl (C=O) groups is 1. The van der Waals surface area contributed by atoms with Crippen LogP contribution >= 0.6 is 0 Å². The van der Waals surface area contributed by atoms with Gasteiger partial charge in [-0.05, 0) is 97.2 Å². The maximum atomic E-state index is 12.1. The van der Waals surface area contributed by atoms with Crippen LogP contribution in [0.15, 0.2) is 23.8 Å². The molecule has 0 radical (unpaired) electrons. The zero-order valence-corrected chi connectivity index (χ0v) is 20.5. The summed E-state index contributed by atoms with van der Waals surface area (Å²) in [7, 11) is 0. The summed E-state index contributed by atoms with van der Waals surface area (Å²) in [6.45, 7) is 14.7. The lowest BCUT2D eigenvalue weighted by Gasteiger charge is -2.57. The second-order valence-electron chi connectivity index (χ2n) is 12.3. The molecule has 0 spiro atoms. The molecule has 0 N–H and O–H groups in total. The van der Waals surface area contributed by atoms with Gasteiger partial charge in [-0.25, -0.2) is 0 Å². The van der Waals surface area contributed by atoms with Crippen LogP contribution in [0.25, 0.3) is 0 Å². The average molecular weight is 411 g/mol. The van der Waals surface area contributed by atoms with E-state index in [0.717, 1.165) is 55.3 Å². The first-order valence-corrected chi connectivity index (χ1v) is 13.1. The minimum Gasteiger partial charge on any atom is -0.300 e. The van der Waals surface area contributed by atoms with Crippen molar-refractivity contribution in [2.75, 3.05) is 0 Å². The number of ketones is 1. The van der Waals surface area contributed by atoms with Gasteiger partial charge in [-0.15, -0.1) is 0 Å². The summed E-state index contributed by atoms with van der Waals surface area (Å²) in [5.41, 5.74) is 2.68. The Morgan fingerprint density at radius 3 is 2.47 bits per heavy atom. The second-order valence-corrected chi connectivity index (χ2v) is 12.3. The molecule has 0 aliphatic heterocycles. The van der Waals surface area contributed by atoms with Crippen molar-refractivity contribution in [2.45, 2.75) is 99.3 Å². The Kier molecular flexibility index (Phi) is 6.15. The van der Waals surface area contributed by atoms with E-state index in [2.05, 4.69) is 59.8 Å². The standard InChI is InChI=1S/C29H46O/c1-7-21(19(2)3)9-8-20(4)25-12-13-26-24-11-10-22-18-23(30)14-16-28(22,5)27(24)15-17-29(25,26)6/h8-9,11,19-22,25-27H,7,10,12-18H2,1-6H3/b9-8+/t20-,21?,22+,25-,26+,27+,28+,29-/m1/s1. The fourth-order valence-electron chi connectivity index (χ4n) is 8.49. The number of allylic oxidation sites excluding steroid dienone is 4. The number of fused-ring (bicyclic) bond motifs is 5. The van der Waals surface area contributed by atoms with E-state index in [-0.39, 0.29) is 0 Å². The Labute approximate surface area is 186 Å². The van der Waals surface area contributed by atoms with Crippen LogP contribution in [0, 0.1) is 52.3 Å². The molecule has 0 bridgehead atoms. The predicted octanol–water partition coefficient (Wildman–Crippen LogP) is 8.01. The van der Waals surface area contributed by atoms with E-state index in [1.807, 2.05) is 5.57 Å². The van der Waals surface area contributed by atoms with E-state index in [1.165, 1.54) is 32.1 Å². The molecule has 1 nitrogen and oxygen atoms in total. The highest BCUT2D eigenvalue weighted by atomic mass is 16.1. The molecule has 0 heterocycles. The van der Waals surface area contributed by atoms with Gasteiger partial charge in [0.25, 0.3) is 0 Å². The molecule has 3 saturated carbocycles. The largest absolute Gasteiger partial charge is 0.300 e. The second kappa shape index (κ2) is 8.25. The molecule has 30 heavy (non-hydrogen) atoms. The maximum absolute atomic E-state index is 12.1. The summed E-state index contributed by atoms with van der Waals surface area (Å²) >= 11 is 0. The van der Waals surface area contributed by atoms with E-state index in [1.54, 1.807) is 0 Å². The third-order valence-electron chi connectivity index (χ3n) is 10.6. The molecule has 4 aliphatic rings. The summed E-state index contributed by atoms with van der Waals surface area (Å²) in [4.78, 5) is 12.1. The number of rotatable bonds is 5. The third-order valence-corrected chi connectivity index (χ3v) is 10.6. The van der Waals surface area contributed by atoms with Crippen LogP contribution in [0.4, 0.5) is 0 Å². The van der Waals surface area contributed by atoms with Gasteiger partial charge in [0.15, 0.2) is 0 Å². The van der Waals surface area contributed by atoms with Crippen molar-refractivity contribution in [1.82, 2.24) is 0 Å². The molecule has 1 unspecified atom stereocenters. The fourth-order valence-corrected chi connectivity index (χ4v) is 8.49. The lowest BCUT2D eigenvalue weighted by molar-refractivity contribution is -0.127. The number of hydrogen-bond donors (Lipinski definition) is 0.